The summed E-state index contributed by atoms with van der Waals surface area (Å²) < 4.78 is 0. The van der Waals surface area contributed by atoms with Crippen molar-refractivity contribution in [1.29, 1.82) is 0 Å². The lowest BCUT2D eigenvalue weighted by Crippen LogP contribution is -2.42. The third-order valence-electron chi connectivity index (χ3n) is 2.62. The quantitative estimate of drug-likeness (QED) is 0.739. The van der Waals surface area contributed by atoms with Crippen molar-refractivity contribution in [2.75, 3.05) is 20.1 Å². The summed E-state index contributed by atoms with van der Waals surface area (Å²) in [4.78, 5) is 4.25. The van der Waals surface area contributed by atoms with Gasteiger partial charge in [-0.1, -0.05) is 18.6 Å². The molecular weight excluding hydrogens is 198 g/mol. The number of hydrazine groups is 1. The Morgan fingerprint density at radius 1 is 1.25 bits per heavy atom. The number of hydrogen-bond donors (Lipinski definition) is 1. The molecule has 0 aliphatic carbocycles. The van der Waals surface area contributed by atoms with Crippen molar-refractivity contribution in [3.8, 4) is 0 Å². The maximum atomic E-state index is 4.25. The van der Waals surface area contributed by atoms with E-state index in [0.29, 0.717) is 0 Å². The van der Waals surface area contributed by atoms with Crippen molar-refractivity contribution >= 4 is 5.71 Å². The predicted octanol–water partition coefficient (Wildman–Crippen LogP) is 2.53. The van der Waals surface area contributed by atoms with Crippen LogP contribution in [0.5, 0.6) is 0 Å². The van der Waals surface area contributed by atoms with Crippen LogP contribution in [-0.2, 0) is 0 Å². The van der Waals surface area contributed by atoms with Crippen LogP contribution in [-0.4, -0.2) is 30.9 Å². The minimum absolute atomic E-state index is 0.894. The van der Waals surface area contributed by atoms with E-state index in [2.05, 4.69) is 41.9 Å². The molecule has 16 heavy (non-hydrogen) atoms. The highest BCUT2D eigenvalue weighted by molar-refractivity contribution is 6.07. The molecule has 0 spiro atoms. The predicted molar refractivity (Wildman–Crippen MR) is 70.5 cm³/mol. The van der Waals surface area contributed by atoms with E-state index in [1.807, 2.05) is 0 Å². The standard InChI is InChI=1S/C13H23N3/c1-11(2)10-13(14-4)12(3)15-16-8-6-5-7-9-16/h10,15H,3,5-9H2,1-2,4H3. The third kappa shape index (κ3) is 4.19. The van der Waals surface area contributed by atoms with Crippen molar-refractivity contribution in [2.24, 2.45) is 4.99 Å². The molecule has 1 saturated heterocycles. The monoisotopic (exact) mass is 221 g/mol. The second kappa shape index (κ2) is 6.48. The van der Waals surface area contributed by atoms with E-state index in [1.165, 1.54) is 24.8 Å². The Labute approximate surface area is 98.9 Å². The Bertz CT molecular complexity index is 292. The highest BCUT2D eigenvalue weighted by atomic mass is 15.5. The first-order chi connectivity index (χ1) is 7.63. The zero-order valence-corrected chi connectivity index (χ0v) is 10.7. The maximum absolute atomic E-state index is 4.25. The van der Waals surface area contributed by atoms with Crippen LogP contribution in [0.25, 0.3) is 0 Å². The number of rotatable bonds is 4. The molecule has 90 valence electrons. The number of allylic oxidation sites excluding steroid dienone is 2. The molecule has 0 aromatic rings. The molecule has 1 fully saturated rings. The number of nitrogens with zero attached hydrogens (tertiary/aromatic N) is 2. The van der Waals surface area contributed by atoms with Gasteiger partial charge in [0.05, 0.1) is 11.4 Å². The van der Waals surface area contributed by atoms with Gasteiger partial charge in [0.25, 0.3) is 0 Å². The molecule has 0 aromatic heterocycles. The first-order valence-corrected chi connectivity index (χ1v) is 5.96. The minimum atomic E-state index is 0.894. The summed E-state index contributed by atoms with van der Waals surface area (Å²) in [5.74, 6) is 0. The van der Waals surface area contributed by atoms with Crippen molar-refractivity contribution in [3.05, 3.63) is 23.9 Å². The molecular formula is C13H23N3. The van der Waals surface area contributed by atoms with Crippen molar-refractivity contribution < 1.29 is 0 Å². The van der Waals surface area contributed by atoms with Crippen molar-refractivity contribution in [1.82, 2.24) is 10.4 Å². The summed E-state index contributed by atoms with van der Waals surface area (Å²) in [5.41, 5.74) is 6.41. The van der Waals surface area contributed by atoms with E-state index in [0.717, 1.165) is 24.5 Å². The maximum Gasteiger partial charge on any atom is 0.0808 e. The van der Waals surface area contributed by atoms with Crippen LogP contribution in [0.3, 0.4) is 0 Å². The Balaban J connectivity index is 2.52. The zero-order chi connectivity index (χ0) is 12.0. The van der Waals surface area contributed by atoms with Gasteiger partial charge in [0.1, 0.15) is 0 Å². The fourth-order valence-corrected chi connectivity index (χ4v) is 1.81. The first kappa shape index (κ1) is 13.0. The third-order valence-corrected chi connectivity index (χ3v) is 2.62. The Morgan fingerprint density at radius 2 is 1.88 bits per heavy atom. The van der Waals surface area contributed by atoms with E-state index < -0.39 is 0 Å². The Morgan fingerprint density at radius 3 is 2.38 bits per heavy atom. The van der Waals surface area contributed by atoms with Gasteiger partial charge in [-0.3, -0.25) is 4.99 Å². The summed E-state index contributed by atoms with van der Waals surface area (Å²) in [5, 5.41) is 2.23. The second-order valence-electron chi connectivity index (χ2n) is 4.47. The lowest BCUT2D eigenvalue weighted by Gasteiger charge is -2.28. The largest absolute Gasteiger partial charge is 0.317 e. The molecule has 1 heterocycles. The normalized spacial score (nSPS) is 18.1. The average Bonchev–Trinajstić information content (AvgIpc) is 2.26. The molecule has 3 nitrogen and oxygen atoms in total. The minimum Gasteiger partial charge on any atom is -0.317 e. The number of hydrogen-bond acceptors (Lipinski definition) is 3. The fourth-order valence-electron chi connectivity index (χ4n) is 1.81. The highest BCUT2D eigenvalue weighted by Crippen LogP contribution is 2.08. The van der Waals surface area contributed by atoms with E-state index in [-0.39, 0.29) is 0 Å². The van der Waals surface area contributed by atoms with Gasteiger partial charge in [-0.15, -0.1) is 0 Å². The molecule has 1 rings (SSSR count). The fraction of sp³-hybridized carbons (Fsp3) is 0.615. The van der Waals surface area contributed by atoms with Crippen LogP contribution in [0.4, 0.5) is 0 Å². The van der Waals surface area contributed by atoms with Crippen molar-refractivity contribution in [3.63, 3.8) is 0 Å². The molecule has 0 atom stereocenters. The molecule has 1 aliphatic rings. The molecule has 1 aliphatic heterocycles. The van der Waals surface area contributed by atoms with Gasteiger partial charge in [0.2, 0.25) is 0 Å². The van der Waals surface area contributed by atoms with Gasteiger partial charge in [0, 0.05) is 20.1 Å². The van der Waals surface area contributed by atoms with Gasteiger partial charge >= 0.3 is 0 Å². The van der Waals surface area contributed by atoms with Crippen molar-refractivity contribution in [2.45, 2.75) is 33.1 Å². The smallest absolute Gasteiger partial charge is 0.0808 e. The second-order valence-corrected chi connectivity index (χ2v) is 4.47. The average molecular weight is 221 g/mol. The zero-order valence-electron chi connectivity index (χ0n) is 10.7. The van der Waals surface area contributed by atoms with E-state index in [4.69, 9.17) is 0 Å². The van der Waals surface area contributed by atoms with E-state index in [1.54, 1.807) is 7.05 Å². The summed E-state index contributed by atoms with van der Waals surface area (Å²) in [7, 11) is 1.80. The lowest BCUT2D eigenvalue weighted by molar-refractivity contribution is 0.179. The molecule has 0 unspecified atom stereocenters. The van der Waals surface area contributed by atoms with Gasteiger partial charge in [0.15, 0.2) is 0 Å². The van der Waals surface area contributed by atoms with Gasteiger partial charge in [-0.05, 0) is 32.8 Å². The molecule has 0 aromatic carbocycles. The van der Waals surface area contributed by atoms with Crippen LogP contribution >= 0.6 is 0 Å². The summed E-state index contributed by atoms with van der Waals surface area (Å²) >= 11 is 0. The number of piperidine rings is 1. The molecule has 1 N–H and O–H groups in total. The Hall–Kier alpha value is -1.09. The molecule has 0 bridgehead atoms. The number of aliphatic imine (C=N–C) groups is 1. The highest BCUT2D eigenvalue weighted by Gasteiger charge is 2.11. The molecule has 0 saturated carbocycles. The SMILES string of the molecule is C=C(NN1CCCCC1)C(C=C(C)C)=NC. The molecule has 0 amide bonds. The van der Waals surface area contributed by atoms with E-state index >= 15 is 0 Å². The number of nitrogens with one attached hydrogen (secondary N) is 1. The van der Waals surface area contributed by atoms with Gasteiger partial charge < -0.3 is 5.43 Å². The first-order valence-electron chi connectivity index (χ1n) is 5.96. The topological polar surface area (TPSA) is 27.6 Å². The summed E-state index contributed by atoms with van der Waals surface area (Å²) in [6, 6.07) is 0. The van der Waals surface area contributed by atoms with Crippen LogP contribution in [0, 0.1) is 0 Å². The van der Waals surface area contributed by atoms with Crippen LogP contribution < -0.4 is 5.43 Å². The Kier molecular flexibility index (Phi) is 5.26. The van der Waals surface area contributed by atoms with E-state index in [9.17, 15) is 0 Å². The lowest BCUT2D eigenvalue weighted by atomic mass is 10.1. The molecule has 3 heteroatoms. The van der Waals surface area contributed by atoms with Gasteiger partial charge in [-0.25, -0.2) is 5.01 Å². The molecule has 0 radical (unpaired) electrons. The van der Waals surface area contributed by atoms with Gasteiger partial charge in [-0.2, -0.15) is 0 Å². The van der Waals surface area contributed by atoms with Crippen LogP contribution in [0.2, 0.25) is 0 Å². The summed E-state index contributed by atoms with van der Waals surface area (Å²) in [6.07, 6.45) is 5.93. The van der Waals surface area contributed by atoms with Crippen LogP contribution in [0.15, 0.2) is 28.9 Å². The summed E-state index contributed by atoms with van der Waals surface area (Å²) in [6.45, 7) is 10.4. The van der Waals surface area contributed by atoms with Crippen LogP contribution in [0.1, 0.15) is 33.1 Å².